The lowest BCUT2D eigenvalue weighted by Gasteiger charge is -2.18. The predicted octanol–water partition coefficient (Wildman–Crippen LogP) is 17.8. The van der Waals surface area contributed by atoms with Gasteiger partial charge in [0.05, 0.1) is 0 Å². The maximum absolute atomic E-state index is 12.8. The fourth-order valence-corrected chi connectivity index (χ4v) is 8.39. The summed E-state index contributed by atoms with van der Waals surface area (Å²) in [5.41, 5.74) is 0. The van der Waals surface area contributed by atoms with Crippen LogP contribution in [0.1, 0.15) is 310 Å². The molecule has 0 aromatic carbocycles. The first-order valence-electron chi connectivity index (χ1n) is 27.4. The third-order valence-corrected chi connectivity index (χ3v) is 12.5. The number of ether oxygens (including phenoxy) is 3. The van der Waals surface area contributed by atoms with Crippen molar-refractivity contribution in [2.24, 2.45) is 5.92 Å². The predicted molar refractivity (Wildman–Crippen MR) is 261 cm³/mol. The van der Waals surface area contributed by atoms with Crippen molar-refractivity contribution in [3.05, 3.63) is 0 Å². The van der Waals surface area contributed by atoms with Gasteiger partial charge in [0.25, 0.3) is 0 Å². The van der Waals surface area contributed by atoms with Crippen molar-refractivity contribution in [2.45, 2.75) is 316 Å². The molecule has 0 aliphatic rings. The summed E-state index contributed by atoms with van der Waals surface area (Å²) in [6, 6.07) is 0. The molecule has 6 nitrogen and oxygen atoms in total. The highest BCUT2D eigenvalue weighted by molar-refractivity contribution is 5.71. The molecule has 0 saturated carbocycles. The molecular weight excluding hydrogens is 757 g/mol. The molecule has 0 saturated heterocycles. The standard InChI is InChI=1S/C55H106O6/c1-5-7-9-11-13-15-17-19-20-21-22-23-27-32-36-40-44-48-55(58)61-52(49-59-53(56)46-42-38-34-30-26-18-16-14-12-10-8-6-2)50-60-54(57)47-43-39-35-31-28-24-25-29-33-37-41-45-51(3)4/h51-52H,5-50H2,1-4H3/t52-/m0/s1. The van der Waals surface area contributed by atoms with Gasteiger partial charge >= 0.3 is 17.9 Å². The third kappa shape index (κ3) is 49.3. The quantitative estimate of drug-likeness (QED) is 0.0344. The lowest BCUT2D eigenvalue weighted by molar-refractivity contribution is -0.167. The molecule has 0 unspecified atom stereocenters. The second-order valence-corrected chi connectivity index (χ2v) is 19.3. The molecule has 6 heteroatoms. The second-order valence-electron chi connectivity index (χ2n) is 19.3. The summed E-state index contributed by atoms with van der Waals surface area (Å²) >= 11 is 0. The van der Waals surface area contributed by atoms with Crippen molar-refractivity contribution in [3.63, 3.8) is 0 Å². The topological polar surface area (TPSA) is 78.9 Å². The summed E-state index contributed by atoms with van der Waals surface area (Å²) in [5.74, 6) is -0.0134. The Bertz CT molecular complexity index is 918. The Morgan fingerprint density at radius 1 is 0.311 bits per heavy atom. The minimum atomic E-state index is -0.761. The average molecular weight is 863 g/mol. The summed E-state index contributed by atoms with van der Waals surface area (Å²) in [7, 11) is 0. The van der Waals surface area contributed by atoms with Gasteiger partial charge in [0.15, 0.2) is 6.10 Å². The van der Waals surface area contributed by atoms with E-state index in [9.17, 15) is 14.4 Å². The molecule has 61 heavy (non-hydrogen) atoms. The molecule has 0 aliphatic heterocycles. The maximum atomic E-state index is 12.8. The van der Waals surface area contributed by atoms with E-state index in [0.29, 0.717) is 19.3 Å². The molecule has 0 bridgehead atoms. The summed E-state index contributed by atoms with van der Waals surface area (Å²) in [6.07, 6.45) is 52.3. The van der Waals surface area contributed by atoms with Gasteiger partial charge in [-0.2, -0.15) is 0 Å². The first-order valence-corrected chi connectivity index (χ1v) is 27.4. The van der Waals surface area contributed by atoms with Crippen LogP contribution in [-0.4, -0.2) is 37.2 Å². The second kappa shape index (κ2) is 49.4. The van der Waals surface area contributed by atoms with Crippen LogP contribution >= 0.6 is 0 Å². The first kappa shape index (κ1) is 59.4. The summed E-state index contributed by atoms with van der Waals surface area (Å²) in [4.78, 5) is 38.0. The van der Waals surface area contributed by atoms with Gasteiger partial charge in [-0.05, 0) is 25.2 Å². The number of hydrogen-bond acceptors (Lipinski definition) is 6. The van der Waals surface area contributed by atoms with Crippen LogP contribution in [0.4, 0.5) is 0 Å². The molecule has 0 rings (SSSR count). The number of hydrogen-bond donors (Lipinski definition) is 0. The van der Waals surface area contributed by atoms with Crippen LogP contribution in [0.5, 0.6) is 0 Å². The molecule has 0 fully saturated rings. The van der Waals surface area contributed by atoms with Crippen molar-refractivity contribution in [2.75, 3.05) is 13.2 Å². The Hall–Kier alpha value is -1.59. The molecule has 362 valence electrons. The van der Waals surface area contributed by atoms with Gasteiger partial charge in [-0.3, -0.25) is 14.4 Å². The van der Waals surface area contributed by atoms with Crippen LogP contribution in [0.3, 0.4) is 0 Å². The minimum Gasteiger partial charge on any atom is -0.462 e. The van der Waals surface area contributed by atoms with E-state index in [-0.39, 0.29) is 31.1 Å². The van der Waals surface area contributed by atoms with E-state index >= 15 is 0 Å². The van der Waals surface area contributed by atoms with Crippen LogP contribution < -0.4 is 0 Å². The normalized spacial score (nSPS) is 12.0. The molecule has 0 aliphatic carbocycles. The summed E-state index contributed by atoms with van der Waals surface area (Å²) in [5, 5.41) is 0. The summed E-state index contributed by atoms with van der Waals surface area (Å²) in [6.45, 7) is 9.04. The van der Waals surface area contributed by atoms with Crippen LogP contribution in [0.25, 0.3) is 0 Å². The third-order valence-electron chi connectivity index (χ3n) is 12.5. The van der Waals surface area contributed by atoms with Gasteiger partial charge in [-0.15, -0.1) is 0 Å². The molecule has 0 N–H and O–H groups in total. The van der Waals surface area contributed by atoms with E-state index in [1.54, 1.807) is 0 Å². The van der Waals surface area contributed by atoms with Gasteiger partial charge in [-0.1, -0.05) is 272 Å². The van der Waals surface area contributed by atoms with Gasteiger partial charge in [-0.25, -0.2) is 0 Å². The number of rotatable bonds is 50. The minimum absolute atomic E-state index is 0.0624. The Morgan fingerprint density at radius 3 is 0.803 bits per heavy atom. The number of unbranched alkanes of at least 4 members (excludes halogenated alkanes) is 37. The monoisotopic (exact) mass is 863 g/mol. The molecule has 0 aromatic rings. The first-order chi connectivity index (χ1) is 29.9. The molecular formula is C55H106O6. The van der Waals surface area contributed by atoms with Crippen molar-refractivity contribution in [3.8, 4) is 0 Å². The van der Waals surface area contributed by atoms with Gasteiger partial charge in [0, 0.05) is 19.3 Å². The highest BCUT2D eigenvalue weighted by Crippen LogP contribution is 2.17. The molecule has 0 radical (unpaired) electrons. The van der Waals surface area contributed by atoms with E-state index in [1.807, 2.05) is 0 Å². The van der Waals surface area contributed by atoms with Crippen molar-refractivity contribution < 1.29 is 28.6 Å². The van der Waals surface area contributed by atoms with Crippen LogP contribution in [0, 0.1) is 5.92 Å². The zero-order valence-electron chi connectivity index (χ0n) is 41.6. The molecule has 0 amide bonds. The molecule has 0 heterocycles. The lowest BCUT2D eigenvalue weighted by Crippen LogP contribution is -2.30. The molecule has 0 aromatic heterocycles. The molecule has 1 atom stereocenters. The number of carbonyl (C=O) groups excluding carboxylic acids is 3. The smallest absolute Gasteiger partial charge is 0.306 e. The zero-order valence-corrected chi connectivity index (χ0v) is 41.6. The van der Waals surface area contributed by atoms with Crippen LogP contribution in [-0.2, 0) is 28.6 Å². The lowest BCUT2D eigenvalue weighted by atomic mass is 10.0. The average Bonchev–Trinajstić information content (AvgIpc) is 3.24. The van der Waals surface area contributed by atoms with E-state index in [0.717, 1.165) is 63.7 Å². The Balaban J connectivity index is 4.29. The number of esters is 3. The summed E-state index contributed by atoms with van der Waals surface area (Å²) < 4.78 is 16.8. The van der Waals surface area contributed by atoms with Crippen molar-refractivity contribution >= 4 is 17.9 Å². The Labute approximate surface area is 380 Å². The van der Waals surface area contributed by atoms with Crippen LogP contribution in [0.2, 0.25) is 0 Å². The fraction of sp³-hybridized carbons (Fsp3) is 0.945. The van der Waals surface area contributed by atoms with Crippen molar-refractivity contribution in [1.29, 1.82) is 0 Å². The molecule has 0 spiro atoms. The highest BCUT2D eigenvalue weighted by Gasteiger charge is 2.19. The SMILES string of the molecule is CCCCCCCCCCCCCCCCCCCC(=O)O[C@@H](COC(=O)CCCCCCCCCCCCCC)COC(=O)CCCCCCCCCCCCCC(C)C. The number of carbonyl (C=O) groups is 3. The van der Waals surface area contributed by atoms with E-state index in [4.69, 9.17) is 14.2 Å². The van der Waals surface area contributed by atoms with E-state index in [2.05, 4.69) is 27.7 Å². The van der Waals surface area contributed by atoms with Gasteiger partial charge in [0.2, 0.25) is 0 Å². The highest BCUT2D eigenvalue weighted by atomic mass is 16.6. The van der Waals surface area contributed by atoms with Gasteiger partial charge < -0.3 is 14.2 Å². The fourth-order valence-electron chi connectivity index (χ4n) is 8.39. The van der Waals surface area contributed by atoms with Gasteiger partial charge in [0.1, 0.15) is 13.2 Å². The van der Waals surface area contributed by atoms with E-state index < -0.39 is 6.10 Å². The van der Waals surface area contributed by atoms with E-state index in [1.165, 1.54) is 205 Å². The Kier molecular flexibility index (Phi) is 48.1. The van der Waals surface area contributed by atoms with Crippen LogP contribution in [0.15, 0.2) is 0 Å². The zero-order chi connectivity index (χ0) is 44.5. The Morgan fingerprint density at radius 2 is 0.541 bits per heavy atom. The van der Waals surface area contributed by atoms with Crippen molar-refractivity contribution in [1.82, 2.24) is 0 Å². The largest absolute Gasteiger partial charge is 0.462 e. The maximum Gasteiger partial charge on any atom is 0.306 e.